The van der Waals surface area contributed by atoms with E-state index < -0.39 is 5.69 Å². The van der Waals surface area contributed by atoms with E-state index in [1.807, 2.05) is 91.0 Å². The summed E-state index contributed by atoms with van der Waals surface area (Å²) in [5.41, 5.74) is 5.07. The number of nitrogens with one attached hydrogen (secondary N) is 6. The van der Waals surface area contributed by atoms with Crippen LogP contribution in [-0.2, 0) is 48.4 Å². The quantitative estimate of drug-likeness (QED) is 0.0209. The second-order valence-corrected chi connectivity index (χ2v) is 25.8. The third-order valence-corrected chi connectivity index (χ3v) is 18.4. The van der Waals surface area contributed by atoms with Gasteiger partial charge in [0.25, 0.3) is 0 Å². The maximum atomic E-state index is 12.8. The summed E-state index contributed by atoms with van der Waals surface area (Å²) < 4.78 is 7.70. The summed E-state index contributed by atoms with van der Waals surface area (Å²) in [6.45, 7) is 0.671. The second-order valence-electron chi connectivity index (χ2n) is 23.1. The molecule has 0 fully saturated rings. The number of rotatable bonds is 33. The maximum Gasteiger partial charge on any atom is 0.346 e. The van der Waals surface area contributed by atoms with E-state index >= 15 is 0 Å². The molecule has 6 N–H and O–H groups in total. The topological polar surface area (TPSA) is 307 Å². The summed E-state index contributed by atoms with van der Waals surface area (Å²) in [4.78, 5) is 144. The Morgan fingerprint density at radius 2 is 0.500 bits per heavy atom. The number of carbonyl (C=O) groups is 6. The van der Waals surface area contributed by atoms with Crippen molar-refractivity contribution in [1.82, 2.24) is 41.5 Å². The molecular weight excluding hydrogens is 1330 g/mol. The number of nitrogens with zero attached hydrogens (tertiary/aromatic N) is 6. The molecule has 0 unspecified atom stereocenters. The lowest BCUT2D eigenvalue weighted by molar-refractivity contribution is -0.121. The van der Waals surface area contributed by atoms with E-state index in [0.29, 0.717) is 85.5 Å². The number of benzene rings is 6. The normalized spacial score (nSPS) is 10.6. The van der Waals surface area contributed by atoms with Crippen molar-refractivity contribution >= 4 is 87.1 Å². The van der Waals surface area contributed by atoms with Crippen LogP contribution in [0.3, 0.4) is 0 Å². The molecule has 0 aliphatic carbocycles. The van der Waals surface area contributed by atoms with Gasteiger partial charge in [-0.1, -0.05) is 137 Å². The van der Waals surface area contributed by atoms with Crippen LogP contribution in [0, 0.1) is 0 Å². The van der Waals surface area contributed by atoms with Crippen molar-refractivity contribution in [1.29, 1.82) is 0 Å². The van der Waals surface area contributed by atoms with Crippen molar-refractivity contribution in [3.63, 3.8) is 0 Å². The van der Waals surface area contributed by atoms with Crippen LogP contribution >= 0.6 is 34.6 Å². The molecule has 6 amide bonds. The molecule has 0 aliphatic rings. The summed E-state index contributed by atoms with van der Waals surface area (Å²) >= 11 is 2.56. The van der Waals surface area contributed by atoms with Gasteiger partial charge in [0.1, 0.15) is 0 Å². The highest BCUT2D eigenvalue weighted by molar-refractivity contribution is 7.04. The molecule has 9 aromatic rings. The number of hydrogen-bond donors (Lipinski definition) is 6. The Kier molecular flexibility index (Phi) is 32.8. The average Bonchev–Trinajstić information content (AvgIpc) is 1.67. The molecule has 0 saturated carbocycles. The Balaban J connectivity index is 0.000000235. The van der Waals surface area contributed by atoms with Gasteiger partial charge >= 0.3 is 31.7 Å². The fraction of sp³-hybridized carbons (Fsp3) is 0.342. The minimum Gasteiger partial charge on any atom is -0.359 e. The average molecular weight is 1420 g/mol. The zero-order valence-corrected chi connectivity index (χ0v) is 58.2. The van der Waals surface area contributed by atoms with E-state index in [1.54, 1.807) is 93.9 Å². The van der Waals surface area contributed by atoms with E-state index in [4.69, 9.17) is 0 Å². The van der Waals surface area contributed by atoms with Gasteiger partial charge in [0.2, 0.25) is 35.4 Å². The summed E-state index contributed by atoms with van der Waals surface area (Å²) in [5, 5.41) is 16.3. The van der Waals surface area contributed by atoms with Gasteiger partial charge in [-0.2, -0.15) is 0 Å². The molecule has 0 bridgehead atoms. The van der Waals surface area contributed by atoms with Crippen LogP contribution in [0.4, 0.5) is 17.1 Å². The molecule has 0 atom stereocenters. The first-order valence-corrected chi connectivity index (χ1v) is 35.2. The van der Waals surface area contributed by atoms with Crippen LogP contribution in [0.5, 0.6) is 0 Å². The highest BCUT2D eigenvalue weighted by Crippen LogP contribution is 2.19. The molecule has 530 valence electrons. The van der Waals surface area contributed by atoms with E-state index in [0.717, 1.165) is 115 Å². The van der Waals surface area contributed by atoms with E-state index in [2.05, 4.69) is 31.9 Å². The van der Waals surface area contributed by atoms with Crippen LogP contribution in [0.25, 0.3) is 17.1 Å². The Morgan fingerprint density at radius 3 is 0.730 bits per heavy atom. The number of unbranched alkanes of at least 4 members (excludes halogenated alkanes) is 9. The number of anilines is 3. The summed E-state index contributed by atoms with van der Waals surface area (Å²) in [6, 6.07) is 48.6. The Bertz CT molecular complexity index is 4440. The van der Waals surface area contributed by atoms with Crippen molar-refractivity contribution in [2.75, 3.05) is 37.1 Å². The molecule has 0 aliphatic heterocycles. The lowest BCUT2D eigenvalue weighted by Gasteiger charge is -2.07. The second kappa shape index (κ2) is 41.8. The standard InChI is InChI=1S/C26H32N4O4S.C24H28N4O4S.C22H24N4O4S.CH4/c1-27-23(31)13-9-4-2-3-5-10-14-24(32)28-21-15-17-22(18-16-21)30-25(33)29(26(34)35-30)19-20-11-7-6-8-12-20;1-25-21(29)11-7-2-3-8-12-22(30)26-19-13-15-20(16-14-19)28-23(31)27(24(32)33-28)17-18-9-5-4-6-10-18;1-23-19(27)9-5-6-10-20(28)24-17-11-13-18(14-12-17)26-21(29)25(22(30)31-26)15-16-7-3-2-4-8-16;/h6-8,11-12,15-18H,2-5,9-10,13-14,19H2,1H3,(H,27,31)(H,28,32);4-6,9-10,13-16H,2-3,7-8,11-12,17H2,1H3,(H,25,29)(H,26,30);2-4,7-8,11-14H,5-6,9-10,15H2,1H3,(H,23,27)(H,24,28);1H4. The molecule has 3 heterocycles. The van der Waals surface area contributed by atoms with E-state index in [9.17, 15) is 57.5 Å². The van der Waals surface area contributed by atoms with Crippen molar-refractivity contribution in [2.45, 2.75) is 143 Å². The SMILES string of the molecule is C.CNC(=O)CCCCC(=O)Nc1ccc(-n2sc(=O)n(Cc3ccccc3)c2=O)cc1.CNC(=O)CCCCCCC(=O)Nc1ccc(-n2sc(=O)n(Cc3ccccc3)c2=O)cc1.CNC(=O)CCCCCCCCC(=O)Nc1ccc(-n2sc(=O)n(Cc3ccccc3)c2=O)cc1. The van der Waals surface area contributed by atoms with Gasteiger partial charge in [0.05, 0.1) is 36.7 Å². The fourth-order valence-electron chi connectivity index (χ4n) is 10.1. The summed E-state index contributed by atoms with van der Waals surface area (Å²) in [6.07, 6.45) is 13.2. The Morgan fingerprint density at radius 1 is 0.290 bits per heavy atom. The number of aromatic nitrogens is 6. The van der Waals surface area contributed by atoms with Crippen molar-refractivity contribution in [3.8, 4) is 17.1 Å². The van der Waals surface area contributed by atoms with Crippen molar-refractivity contribution < 1.29 is 28.8 Å². The van der Waals surface area contributed by atoms with Crippen molar-refractivity contribution in [2.24, 2.45) is 0 Å². The summed E-state index contributed by atoms with van der Waals surface area (Å²) in [7, 11) is 4.86. The zero-order valence-electron chi connectivity index (χ0n) is 55.7. The Labute approximate surface area is 591 Å². The maximum absolute atomic E-state index is 12.8. The highest BCUT2D eigenvalue weighted by atomic mass is 32.1. The predicted octanol–water partition coefficient (Wildman–Crippen LogP) is 10.0. The molecule has 9 rings (SSSR count). The number of amides is 6. The molecule has 27 heteroatoms. The zero-order chi connectivity index (χ0) is 70.9. The monoisotopic (exact) mass is 1420 g/mol. The fourth-order valence-corrected chi connectivity index (χ4v) is 12.5. The minimum atomic E-state index is -0.397. The van der Waals surface area contributed by atoms with Gasteiger partial charge in [-0.15, -0.1) is 0 Å². The molecule has 0 spiro atoms. The van der Waals surface area contributed by atoms with Crippen LogP contribution in [0.2, 0.25) is 0 Å². The predicted molar refractivity (Wildman–Crippen MR) is 397 cm³/mol. The van der Waals surface area contributed by atoms with Crippen LogP contribution in [0.1, 0.15) is 140 Å². The van der Waals surface area contributed by atoms with Gasteiger partial charge in [0.15, 0.2) is 0 Å². The molecule has 3 aromatic heterocycles. The van der Waals surface area contributed by atoms with E-state index in [-0.39, 0.29) is 88.5 Å². The van der Waals surface area contributed by atoms with Gasteiger partial charge < -0.3 is 31.9 Å². The molecule has 6 aromatic carbocycles. The van der Waals surface area contributed by atoms with Gasteiger partial charge in [-0.3, -0.25) is 43.2 Å². The third kappa shape index (κ3) is 25.5. The van der Waals surface area contributed by atoms with E-state index in [1.165, 1.54) is 25.6 Å². The van der Waals surface area contributed by atoms with Crippen LogP contribution in [0.15, 0.2) is 193 Å². The minimum absolute atomic E-state index is 0. The molecule has 0 saturated heterocycles. The molecule has 0 radical (unpaired) electrons. The molecule has 24 nitrogen and oxygen atoms in total. The number of hydrogen-bond acceptors (Lipinski definition) is 15. The summed E-state index contributed by atoms with van der Waals surface area (Å²) in [5.74, 6) is -0.178. The van der Waals surface area contributed by atoms with Gasteiger partial charge in [0, 0.05) is 111 Å². The Hall–Kier alpha value is -10.4. The highest BCUT2D eigenvalue weighted by Gasteiger charge is 2.17. The largest absolute Gasteiger partial charge is 0.359 e. The van der Waals surface area contributed by atoms with Gasteiger partial charge in [-0.25, -0.2) is 40.0 Å². The lowest BCUT2D eigenvalue weighted by atomic mass is 10.1. The first kappa shape index (κ1) is 78.6. The molecular formula is C73H88N12O12S3. The smallest absolute Gasteiger partial charge is 0.346 e. The molecule has 100 heavy (non-hydrogen) atoms. The first-order chi connectivity index (χ1) is 47.9. The third-order valence-electron chi connectivity index (χ3n) is 15.6. The lowest BCUT2D eigenvalue weighted by Crippen LogP contribution is -2.28. The van der Waals surface area contributed by atoms with Crippen LogP contribution < -0.4 is 63.6 Å². The van der Waals surface area contributed by atoms with Gasteiger partial charge in [-0.05, 0) is 128 Å². The van der Waals surface area contributed by atoms with Crippen LogP contribution in [-0.4, -0.2) is 82.2 Å². The van der Waals surface area contributed by atoms with Crippen molar-refractivity contribution in [3.05, 3.63) is 241 Å². The number of carbonyl (C=O) groups excluding carboxylic acids is 6. The first-order valence-electron chi connectivity index (χ1n) is 32.9.